The zero-order valence-electron chi connectivity index (χ0n) is 25.7. The van der Waals surface area contributed by atoms with Crippen LogP contribution in [0.3, 0.4) is 0 Å². The van der Waals surface area contributed by atoms with E-state index < -0.39 is 6.17 Å². The number of hydrogen-bond donors (Lipinski definition) is 2. The van der Waals surface area contributed by atoms with Gasteiger partial charge in [0.05, 0.1) is 17.8 Å². The lowest BCUT2D eigenvalue weighted by atomic mass is 9.95. The lowest BCUT2D eigenvalue weighted by Crippen LogP contribution is -2.43. The molecule has 0 bridgehead atoms. The number of hydrogen-bond acceptors (Lipinski definition) is 9. The lowest BCUT2D eigenvalue weighted by molar-refractivity contribution is 0.107. The number of rotatable bonds is 8. The fourth-order valence-corrected chi connectivity index (χ4v) is 7.71. The molecule has 6 heterocycles. The third-order valence-corrected chi connectivity index (χ3v) is 9.91. The maximum atomic E-state index is 15.0. The molecule has 2 fully saturated rings. The van der Waals surface area contributed by atoms with Crippen molar-refractivity contribution in [3.63, 3.8) is 0 Å². The molecule has 2 saturated heterocycles. The number of aromatic nitrogens is 5. The standard InChI is InChI=1S/C34H36F2N8O2/c1-2-25-27(36)6-5-22-12-24(45)13-29(31(22)25)42-11-8-26-28(18-42)39-33(46-19-34-9-3-10-44(34)17-23(35)14-34)40-32(26)37-15-21-4-7-30-41-38-20-43(30)16-21/h4-7,12-13,16,20,23,45H,2-3,8-11,14-15,17-19H2,1H3,(H,37,39,40)/t23-,34+/m1/s1. The third-order valence-electron chi connectivity index (χ3n) is 9.91. The van der Waals surface area contributed by atoms with Gasteiger partial charge in [-0.05, 0) is 66.9 Å². The molecule has 0 spiro atoms. The van der Waals surface area contributed by atoms with Crippen LogP contribution >= 0.6 is 0 Å². The van der Waals surface area contributed by atoms with E-state index in [2.05, 4.69) is 25.3 Å². The van der Waals surface area contributed by atoms with Crippen molar-refractivity contribution in [2.75, 3.05) is 36.5 Å². The molecular weight excluding hydrogens is 590 g/mol. The van der Waals surface area contributed by atoms with Gasteiger partial charge >= 0.3 is 6.01 Å². The average Bonchev–Trinajstić information content (AvgIpc) is 3.76. The number of benzene rings is 2. The van der Waals surface area contributed by atoms with Crippen LogP contribution < -0.4 is 15.0 Å². The topological polar surface area (TPSA) is 104 Å². The van der Waals surface area contributed by atoms with Crippen molar-refractivity contribution >= 4 is 27.9 Å². The molecule has 2 N–H and O–H groups in total. The van der Waals surface area contributed by atoms with Crippen LogP contribution in [-0.2, 0) is 25.9 Å². The van der Waals surface area contributed by atoms with Crippen LogP contribution in [0.4, 0.5) is 20.3 Å². The van der Waals surface area contributed by atoms with Crippen LogP contribution in [0.25, 0.3) is 16.4 Å². The highest BCUT2D eigenvalue weighted by atomic mass is 19.1. The summed E-state index contributed by atoms with van der Waals surface area (Å²) < 4.78 is 37.6. The highest BCUT2D eigenvalue weighted by molar-refractivity contribution is 5.98. The molecule has 0 radical (unpaired) electrons. The van der Waals surface area contributed by atoms with Crippen molar-refractivity contribution in [2.45, 2.75) is 63.8 Å². The zero-order valence-corrected chi connectivity index (χ0v) is 25.7. The summed E-state index contributed by atoms with van der Waals surface area (Å²) in [6.07, 6.45) is 6.34. The predicted octanol–water partition coefficient (Wildman–Crippen LogP) is 5.21. The van der Waals surface area contributed by atoms with E-state index in [-0.39, 0.29) is 23.1 Å². The first-order valence-electron chi connectivity index (χ1n) is 16.0. The number of aromatic hydroxyl groups is 1. The van der Waals surface area contributed by atoms with E-state index in [0.717, 1.165) is 58.3 Å². The molecule has 0 amide bonds. The SMILES string of the molecule is CCc1c(F)ccc2cc(O)cc(N3CCc4c(nc(OC[C@@]56CCCN5C[C@H](F)C6)nc4NCc4ccc5nncn5c4)C3)c12. The summed E-state index contributed by atoms with van der Waals surface area (Å²) in [4.78, 5) is 14.1. The van der Waals surface area contributed by atoms with Gasteiger partial charge in [0, 0.05) is 55.0 Å². The van der Waals surface area contributed by atoms with Crippen molar-refractivity contribution in [1.82, 2.24) is 29.5 Å². The Bertz CT molecular complexity index is 1950. The van der Waals surface area contributed by atoms with Gasteiger partial charge in [-0.15, -0.1) is 10.2 Å². The molecule has 8 rings (SSSR count). The minimum Gasteiger partial charge on any atom is -0.508 e. The Morgan fingerprint density at radius 1 is 1.15 bits per heavy atom. The van der Waals surface area contributed by atoms with Crippen molar-refractivity contribution in [2.24, 2.45) is 0 Å². The van der Waals surface area contributed by atoms with Crippen molar-refractivity contribution in [3.8, 4) is 11.8 Å². The van der Waals surface area contributed by atoms with Crippen LogP contribution in [0.2, 0.25) is 0 Å². The molecule has 3 aromatic heterocycles. The van der Waals surface area contributed by atoms with E-state index in [1.807, 2.05) is 29.7 Å². The number of nitrogens with zero attached hydrogens (tertiary/aromatic N) is 7. The molecule has 5 aromatic rings. The summed E-state index contributed by atoms with van der Waals surface area (Å²) in [6, 6.07) is 10.8. The second-order valence-corrected chi connectivity index (χ2v) is 12.7. The maximum Gasteiger partial charge on any atom is 0.318 e. The highest BCUT2D eigenvalue weighted by Crippen LogP contribution is 2.41. The van der Waals surface area contributed by atoms with Gasteiger partial charge in [-0.3, -0.25) is 9.30 Å². The summed E-state index contributed by atoms with van der Waals surface area (Å²) in [7, 11) is 0. The van der Waals surface area contributed by atoms with E-state index in [1.54, 1.807) is 24.5 Å². The monoisotopic (exact) mass is 626 g/mol. The Balaban J connectivity index is 1.14. The lowest BCUT2D eigenvalue weighted by Gasteiger charge is -2.33. The Morgan fingerprint density at radius 3 is 2.96 bits per heavy atom. The number of anilines is 2. The predicted molar refractivity (Wildman–Crippen MR) is 171 cm³/mol. The fourth-order valence-electron chi connectivity index (χ4n) is 7.71. The Hall–Kier alpha value is -4.58. The summed E-state index contributed by atoms with van der Waals surface area (Å²) >= 11 is 0. The van der Waals surface area contributed by atoms with Gasteiger partial charge in [0.1, 0.15) is 36.5 Å². The minimum atomic E-state index is -0.850. The molecule has 2 atom stereocenters. The van der Waals surface area contributed by atoms with Crippen LogP contribution in [-0.4, -0.2) is 72.5 Å². The van der Waals surface area contributed by atoms with E-state index in [9.17, 15) is 13.9 Å². The van der Waals surface area contributed by atoms with Gasteiger partial charge in [-0.2, -0.15) is 9.97 Å². The van der Waals surface area contributed by atoms with Gasteiger partial charge in [0.25, 0.3) is 0 Å². The number of phenolic OH excluding ortho intramolecular Hbond substituents is 1. The van der Waals surface area contributed by atoms with Crippen molar-refractivity contribution in [3.05, 3.63) is 77.1 Å². The normalized spacial score (nSPS) is 21.2. The number of pyridine rings is 1. The number of phenols is 1. The largest absolute Gasteiger partial charge is 0.508 e. The quantitative estimate of drug-likeness (QED) is 0.240. The molecular formula is C34H36F2N8O2. The third kappa shape index (κ3) is 5.04. The maximum absolute atomic E-state index is 15.0. The summed E-state index contributed by atoms with van der Waals surface area (Å²) in [5.74, 6) is 0.570. The Morgan fingerprint density at radius 2 is 2.07 bits per heavy atom. The first-order valence-corrected chi connectivity index (χ1v) is 16.0. The number of fused-ring (bicyclic) bond motifs is 4. The number of ether oxygens (including phenoxy) is 1. The van der Waals surface area contributed by atoms with E-state index in [4.69, 9.17) is 14.7 Å². The summed E-state index contributed by atoms with van der Waals surface area (Å²) in [5.41, 5.74) is 4.66. The van der Waals surface area contributed by atoms with Crippen molar-refractivity contribution < 1.29 is 18.6 Å². The number of nitrogens with one attached hydrogen (secondary N) is 1. The number of aryl methyl sites for hydroxylation is 1. The molecule has 46 heavy (non-hydrogen) atoms. The minimum absolute atomic E-state index is 0.129. The number of alkyl halides is 1. The van der Waals surface area contributed by atoms with Gasteiger partial charge in [0.15, 0.2) is 5.65 Å². The van der Waals surface area contributed by atoms with Crippen LogP contribution in [0.15, 0.2) is 48.9 Å². The second-order valence-electron chi connectivity index (χ2n) is 12.7. The molecule has 2 aromatic carbocycles. The van der Waals surface area contributed by atoms with Crippen LogP contribution in [0, 0.1) is 5.82 Å². The van der Waals surface area contributed by atoms with Gasteiger partial charge in [-0.1, -0.05) is 19.1 Å². The van der Waals surface area contributed by atoms with Gasteiger partial charge in [-0.25, -0.2) is 8.78 Å². The molecule has 3 aliphatic rings. The smallest absolute Gasteiger partial charge is 0.318 e. The van der Waals surface area contributed by atoms with E-state index in [1.165, 1.54) is 6.07 Å². The fraction of sp³-hybridized carbons (Fsp3) is 0.412. The molecule has 0 aliphatic carbocycles. The zero-order chi connectivity index (χ0) is 31.4. The molecule has 0 unspecified atom stereocenters. The van der Waals surface area contributed by atoms with Crippen LogP contribution in [0.1, 0.15) is 48.6 Å². The Kier molecular flexibility index (Phi) is 7.12. The highest BCUT2D eigenvalue weighted by Gasteiger charge is 2.49. The summed E-state index contributed by atoms with van der Waals surface area (Å²) in [6.45, 7) is 5.17. The molecule has 12 heteroatoms. The molecule has 238 valence electrons. The number of halogens is 2. The summed E-state index contributed by atoms with van der Waals surface area (Å²) in [5, 5.41) is 23.8. The Labute approximate surface area is 265 Å². The molecule has 10 nitrogen and oxygen atoms in total. The molecule has 3 aliphatic heterocycles. The first kappa shape index (κ1) is 28.9. The first-order chi connectivity index (χ1) is 22.4. The van der Waals surface area contributed by atoms with Crippen LogP contribution in [0.5, 0.6) is 11.8 Å². The van der Waals surface area contributed by atoms with Crippen molar-refractivity contribution in [1.29, 1.82) is 0 Å². The molecule has 0 saturated carbocycles. The van der Waals surface area contributed by atoms with Gasteiger partial charge in [0.2, 0.25) is 0 Å². The average molecular weight is 627 g/mol. The van der Waals surface area contributed by atoms with Gasteiger partial charge < -0.3 is 20.1 Å². The second kappa shape index (κ2) is 11.3. The van der Waals surface area contributed by atoms with E-state index in [0.29, 0.717) is 63.4 Å². The van der Waals surface area contributed by atoms with E-state index >= 15 is 0 Å².